The van der Waals surface area contributed by atoms with E-state index in [-0.39, 0.29) is 29.7 Å². The molecule has 4 rings (SSSR count). The first-order valence-corrected chi connectivity index (χ1v) is 10.4. The number of anilines is 1. The fourth-order valence-corrected chi connectivity index (χ4v) is 5.04. The number of benzene rings is 1. The summed E-state index contributed by atoms with van der Waals surface area (Å²) >= 11 is 0. The van der Waals surface area contributed by atoms with Crippen LogP contribution in [0.25, 0.3) is 0 Å². The number of rotatable bonds is 2. The van der Waals surface area contributed by atoms with Gasteiger partial charge in [-0.3, -0.25) is 9.59 Å². The van der Waals surface area contributed by atoms with Crippen molar-refractivity contribution in [3.8, 4) is 0 Å². The third-order valence-electron chi connectivity index (χ3n) is 6.67. The molecule has 1 aliphatic carbocycles. The maximum atomic E-state index is 13.7. The molecule has 0 bridgehead atoms. The fourth-order valence-electron chi connectivity index (χ4n) is 5.04. The number of likely N-dealkylation sites (tertiary alicyclic amines) is 1. The first-order chi connectivity index (χ1) is 13.4. The van der Waals surface area contributed by atoms with Crippen molar-refractivity contribution in [1.29, 1.82) is 0 Å². The molecule has 2 amide bonds. The van der Waals surface area contributed by atoms with Crippen molar-refractivity contribution >= 4 is 17.5 Å². The van der Waals surface area contributed by atoms with Gasteiger partial charge in [-0.2, -0.15) is 0 Å². The minimum atomic E-state index is -0.570. The van der Waals surface area contributed by atoms with Crippen LogP contribution in [0.3, 0.4) is 0 Å². The highest BCUT2D eigenvalue weighted by Crippen LogP contribution is 2.40. The SMILES string of the molecule is CC1(C(=O)N2CCCC3(C2)CN(c2cccc(F)c2)C(=O)CO3)CCCCC1. The van der Waals surface area contributed by atoms with Gasteiger partial charge >= 0.3 is 0 Å². The van der Waals surface area contributed by atoms with Crippen molar-refractivity contribution < 1.29 is 18.7 Å². The number of hydrogen-bond donors (Lipinski definition) is 0. The van der Waals surface area contributed by atoms with Gasteiger partial charge in [0.15, 0.2) is 0 Å². The van der Waals surface area contributed by atoms with Gasteiger partial charge in [0.05, 0.1) is 13.1 Å². The monoisotopic (exact) mass is 388 g/mol. The highest BCUT2D eigenvalue weighted by molar-refractivity contribution is 5.95. The Kier molecular flexibility index (Phi) is 5.17. The van der Waals surface area contributed by atoms with Gasteiger partial charge in [0.25, 0.3) is 5.91 Å². The van der Waals surface area contributed by atoms with E-state index in [2.05, 4.69) is 6.92 Å². The molecule has 1 aromatic rings. The van der Waals surface area contributed by atoms with E-state index in [9.17, 15) is 14.0 Å². The molecular weight excluding hydrogens is 359 g/mol. The van der Waals surface area contributed by atoms with Gasteiger partial charge < -0.3 is 14.5 Å². The highest BCUT2D eigenvalue weighted by atomic mass is 19.1. The summed E-state index contributed by atoms with van der Waals surface area (Å²) in [7, 11) is 0. The maximum absolute atomic E-state index is 13.7. The smallest absolute Gasteiger partial charge is 0.253 e. The van der Waals surface area contributed by atoms with Crippen molar-refractivity contribution in [2.75, 3.05) is 31.1 Å². The second-order valence-corrected chi connectivity index (χ2v) is 8.88. The van der Waals surface area contributed by atoms with Crippen LogP contribution >= 0.6 is 0 Å². The van der Waals surface area contributed by atoms with Crippen LogP contribution in [0.15, 0.2) is 24.3 Å². The first kappa shape index (κ1) is 19.4. The summed E-state index contributed by atoms with van der Waals surface area (Å²) in [6.07, 6.45) is 6.98. The Morgan fingerprint density at radius 1 is 1.11 bits per heavy atom. The largest absolute Gasteiger partial charge is 0.361 e. The number of ether oxygens (including phenoxy) is 1. The second kappa shape index (κ2) is 7.47. The number of carbonyl (C=O) groups excluding carboxylic acids is 2. The van der Waals surface area contributed by atoms with Gasteiger partial charge in [-0.05, 0) is 43.9 Å². The van der Waals surface area contributed by atoms with E-state index in [1.54, 1.807) is 17.0 Å². The lowest BCUT2D eigenvalue weighted by Gasteiger charge is -2.49. The van der Waals surface area contributed by atoms with Gasteiger partial charge in [0, 0.05) is 17.6 Å². The summed E-state index contributed by atoms with van der Waals surface area (Å²) in [5.41, 5.74) is -0.293. The van der Waals surface area contributed by atoms with Crippen LogP contribution in [0.4, 0.5) is 10.1 Å². The number of carbonyl (C=O) groups is 2. The lowest BCUT2D eigenvalue weighted by atomic mass is 9.74. The molecule has 1 saturated carbocycles. The van der Waals surface area contributed by atoms with Crippen molar-refractivity contribution in [2.24, 2.45) is 5.41 Å². The molecule has 6 heteroatoms. The number of piperidine rings is 1. The molecule has 2 heterocycles. The van der Waals surface area contributed by atoms with Crippen molar-refractivity contribution in [3.63, 3.8) is 0 Å². The van der Waals surface area contributed by atoms with Gasteiger partial charge in [0.2, 0.25) is 5.91 Å². The molecule has 5 nitrogen and oxygen atoms in total. The summed E-state index contributed by atoms with van der Waals surface area (Å²) in [6.45, 7) is 3.67. The molecule has 2 aliphatic heterocycles. The van der Waals surface area contributed by atoms with Crippen LogP contribution in [-0.4, -0.2) is 48.6 Å². The molecule has 1 atom stereocenters. The van der Waals surface area contributed by atoms with Gasteiger partial charge in [-0.1, -0.05) is 32.3 Å². The molecular formula is C22H29FN2O3. The van der Waals surface area contributed by atoms with Crippen LogP contribution in [0.1, 0.15) is 51.9 Å². The Balaban J connectivity index is 1.52. The third-order valence-corrected chi connectivity index (χ3v) is 6.67. The van der Waals surface area contributed by atoms with Crippen molar-refractivity contribution in [1.82, 2.24) is 4.90 Å². The van der Waals surface area contributed by atoms with Crippen LogP contribution in [0, 0.1) is 11.2 Å². The first-order valence-electron chi connectivity index (χ1n) is 10.4. The van der Waals surface area contributed by atoms with E-state index in [1.807, 2.05) is 4.90 Å². The number of nitrogens with zero attached hydrogens (tertiary/aromatic N) is 2. The van der Waals surface area contributed by atoms with Crippen LogP contribution in [0.2, 0.25) is 0 Å². The second-order valence-electron chi connectivity index (χ2n) is 8.88. The molecule has 0 radical (unpaired) electrons. The van der Waals surface area contributed by atoms with E-state index >= 15 is 0 Å². The molecule has 28 heavy (non-hydrogen) atoms. The molecule has 1 unspecified atom stereocenters. The Labute approximate surface area is 165 Å². The zero-order chi connectivity index (χ0) is 19.8. The molecule has 1 spiro atoms. The summed E-state index contributed by atoms with van der Waals surface area (Å²) in [5, 5.41) is 0. The number of morpholine rings is 1. The van der Waals surface area contributed by atoms with Crippen molar-refractivity contribution in [2.45, 2.75) is 57.5 Å². The van der Waals surface area contributed by atoms with E-state index < -0.39 is 5.60 Å². The zero-order valence-corrected chi connectivity index (χ0v) is 16.6. The van der Waals surface area contributed by atoms with Gasteiger partial charge in [-0.15, -0.1) is 0 Å². The summed E-state index contributed by atoms with van der Waals surface area (Å²) in [4.78, 5) is 29.3. The Bertz CT molecular complexity index is 762. The summed E-state index contributed by atoms with van der Waals surface area (Å²) < 4.78 is 19.7. The lowest BCUT2D eigenvalue weighted by molar-refractivity contribution is -0.160. The minimum Gasteiger partial charge on any atom is -0.361 e. The quantitative estimate of drug-likeness (QED) is 0.779. The maximum Gasteiger partial charge on any atom is 0.253 e. The molecule has 3 fully saturated rings. The Morgan fingerprint density at radius 3 is 2.64 bits per heavy atom. The highest BCUT2D eigenvalue weighted by Gasteiger charge is 2.47. The normalized spacial score (nSPS) is 27.9. The molecule has 152 valence electrons. The average molecular weight is 388 g/mol. The Morgan fingerprint density at radius 2 is 1.89 bits per heavy atom. The molecule has 0 aromatic heterocycles. The average Bonchev–Trinajstić information content (AvgIpc) is 2.70. The third kappa shape index (κ3) is 3.66. The van der Waals surface area contributed by atoms with E-state index in [0.717, 1.165) is 45.1 Å². The molecule has 0 N–H and O–H groups in total. The van der Waals surface area contributed by atoms with Gasteiger partial charge in [-0.25, -0.2) is 4.39 Å². The van der Waals surface area contributed by atoms with Crippen molar-refractivity contribution in [3.05, 3.63) is 30.1 Å². The topological polar surface area (TPSA) is 49.9 Å². The van der Waals surface area contributed by atoms with Gasteiger partial charge in [0.1, 0.15) is 18.0 Å². The molecule has 3 aliphatic rings. The standard InChI is InChI=1S/C22H29FN2O3/c1-21(9-3-2-4-10-21)20(27)24-12-6-11-22(15-24)16-25(19(26)14-28-22)18-8-5-7-17(23)13-18/h5,7-8,13H,2-4,6,9-12,14-16H2,1H3. The fraction of sp³-hybridized carbons (Fsp3) is 0.636. The van der Waals surface area contributed by atoms with E-state index in [4.69, 9.17) is 4.74 Å². The molecule has 2 saturated heterocycles. The summed E-state index contributed by atoms with van der Waals surface area (Å²) in [6, 6.07) is 6.11. The van der Waals surface area contributed by atoms with E-state index in [1.165, 1.54) is 18.6 Å². The molecule has 1 aromatic carbocycles. The minimum absolute atomic E-state index is 0.0319. The predicted molar refractivity (Wildman–Crippen MR) is 104 cm³/mol. The van der Waals surface area contributed by atoms with Crippen LogP contribution in [-0.2, 0) is 14.3 Å². The van der Waals surface area contributed by atoms with Crippen LogP contribution in [0.5, 0.6) is 0 Å². The Hall–Kier alpha value is -1.95. The van der Waals surface area contributed by atoms with E-state index in [0.29, 0.717) is 18.8 Å². The summed E-state index contributed by atoms with van der Waals surface area (Å²) in [5.74, 6) is -0.306. The van der Waals surface area contributed by atoms with Crippen LogP contribution < -0.4 is 4.90 Å². The number of halogens is 1. The predicted octanol–water partition coefficient (Wildman–Crippen LogP) is 3.52. The number of hydrogen-bond acceptors (Lipinski definition) is 3. The number of amides is 2. The zero-order valence-electron chi connectivity index (χ0n) is 16.6. The lowest BCUT2D eigenvalue weighted by Crippen LogP contribution is -2.63.